The second kappa shape index (κ2) is 9.92. The van der Waals surface area contributed by atoms with Crippen molar-refractivity contribution in [1.29, 1.82) is 0 Å². The number of nitrogens with zero attached hydrogens (tertiary/aromatic N) is 1. The zero-order chi connectivity index (χ0) is 20.9. The lowest BCUT2D eigenvalue weighted by Gasteiger charge is -2.40. The molecule has 2 atom stereocenters. The Morgan fingerprint density at radius 1 is 1.28 bits per heavy atom. The fourth-order valence-electron chi connectivity index (χ4n) is 4.59. The third-order valence-corrected chi connectivity index (χ3v) is 6.49. The van der Waals surface area contributed by atoms with Gasteiger partial charge in [-0.25, -0.2) is 0 Å². The number of piperidine rings is 1. The van der Waals surface area contributed by atoms with Crippen molar-refractivity contribution >= 4 is 5.97 Å². The number of carbonyl (C=O) groups is 1. The van der Waals surface area contributed by atoms with Crippen molar-refractivity contribution in [2.75, 3.05) is 33.4 Å². The summed E-state index contributed by atoms with van der Waals surface area (Å²) in [4.78, 5) is 15.4. The lowest BCUT2D eigenvalue weighted by atomic mass is 9.73. The molecule has 2 unspecified atom stereocenters. The SMILES string of the molecule is CCOC(=O)C1(Cc2cccc(OC)c2)CCN(CC2CC(C(C)C)NN2)CC1. The Morgan fingerprint density at radius 3 is 2.66 bits per heavy atom. The Hall–Kier alpha value is -1.63. The quantitative estimate of drug-likeness (QED) is 0.651. The van der Waals surface area contributed by atoms with Crippen LogP contribution in [0.1, 0.15) is 45.6 Å². The molecule has 0 bridgehead atoms. The number of esters is 1. The number of rotatable bonds is 8. The molecule has 29 heavy (non-hydrogen) atoms. The highest BCUT2D eigenvalue weighted by molar-refractivity contribution is 5.77. The largest absolute Gasteiger partial charge is 0.497 e. The second-order valence-electron chi connectivity index (χ2n) is 8.90. The number of hydrogen-bond acceptors (Lipinski definition) is 6. The van der Waals surface area contributed by atoms with Gasteiger partial charge >= 0.3 is 5.97 Å². The number of ether oxygens (including phenoxy) is 2. The first-order valence-electron chi connectivity index (χ1n) is 11.0. The van der Waals surface area contributed by atoms with Crippen LogP contribution in [0.5, 0.6) is 5.75 Å². The molecule has 2 N–H and O–H groups in total. The highest BCUT2D eigenvalue weighted by Gasteiger charge is 2.43. The summed E-state index contributed by atoms with van der Waals surface area (Å²) in [6.07, 6.45) is 3.52. The molecule has 1 aromatic carbocycles. The summed E-state index contributed by atoms with van der Waals surface area (Å²) in [5.41, 5.74) is 7.57. The zero-order valence-electron chi connectivity index (χ0n) is 18.4. The third kappa shape index (κ3) is 5.50. The number of hydrazine groups is 1. The molecular formula is C23H37N3O3. The minimum absolute atomic E-state index is 0.0528. The Balaban J connectivity index is 1.63. The van der Waals surface area contributed by atoms with Crippen molar-refractivity contribution in [2.24, 2.45) is 11.3 Å². The fraction of sp³-hybridized carbons (Fsp3) is 0.696. The van der Waals surface area contributed by atoms with E-state index in [2.05, 4.69) is 35.7 Å². The van der Waals surface area contributed by atoms with E-state index in [0.29, 0.717) is 31.0 Å². The number of methoxy groups -OCH3 is 1. The predicted octanol–water partition coefficient (Wildman–Crippen LogP) is 2.77. The summed E-state index contributed by atoms with van der Waals surface area (Å²) < 4.78 is 10.9. The van der Waals surface area contributed by atoms with Gasteiger partial charge in [-0.15, -0.1) is 0 Å². The van der Waals surface area contributed by atoms with Gasteiger partial charge in [-0.2, -0.15) is 0 Å². The maximum Gasteiger partial charge on any atom is 0.312 e. The average Bonchev–Trinajstić information content (AvgIpc) is 3.19. The summed E-state index contributed by atoms with van der Waals surface area (Å²) in [6.45, 7) is 9.70. The van der Waals surface area contributed by atoms with Crippen LogP contribution in [0.4, 0.5) is 0 Å². The maximum absolute atomic E-state index is 13.0. The zero-order valence-corrected chi connectivity index (χ0v) is 18.4. The highest BCUT2D eigenvalue weighted by atomic mass is 16.5. The van der Waals surface area contributed by atoms with E-state index in [1.54, 1.807) is 7.11 Å². The molecule has 1 aromatic rings. The molecule has 3 rings (SSSR count). The number of benzene rings is 1. The van der Waals surface area contributed by atoms with Crippen LogP contribution >= 0.6 is 0 Å². The Kier molecular flexibility index (Phi) is 7.55. The fourth-order valence-corrected chi connectivity index (χ4v) is 4.59. The molecule has 2 aliphatic rings. The van der Waals surface area contributed by atoms with Crippen molar-refractivity contribution in [1.82, 2.24) is 15.8 Å². The van der Waals surface area contributed by atoms with Crippen molar-refractivity contribution in [3.63, 3.8) is 0 Å². The lowest BCUT2D eigenvalue weighted by molar-refractivity contribution is -0.158. The first-order chi connectivity index (χ1) is 14.0. The van der Waals surface area contributed by atoms with Gasteiger partial charge < -0.3 is 14.4 Å². The maximum atomic E-state index is 13.0. The van der Waals surface area contributed by atoms with Gasteiger partial charge in [0.1, 0.15) is 5.75 Å². The van der Waals surface area contributed by atoms with Crippen LogP contribution in [-0.2, 0) is 16.0 Å². The van der Waals surface area contributed by atoms with Crippen molar-refractivity contribution in [3.8, 4) is 5.75 Å². The molecule has 2 saturated heterocycles. The van der Waals surface area contributed by atoms with Gasteiger partial charge in [0.2, 0.25) is 0 Å². The van der Waals surface area contributed by atoms with Crippen LogP contribution in [-0.4, -0.2) is 56.3 Å². The van der Waals surface area contributed by atoms with E-state index in [0.717, 1.165) is 50.2 Å². The first kappa shape index (κ1) is 22.1. The molecule has 2 aliphatic heterocycles. The van der Waals surface area contributed by atoms with Crippen LogP contribution < -0.4 is 15.6 Å². The van der Waals surface area contributed by atoms with Crippen LogP contribution in [0.2, 0.25) is 0 Å². The van der Waals surface area contributed by atoms with Gasteiger partial charge in [0.05, 0.1) is 19.1 Å². The van der Waals surface area contributed by atoms with Crippen LogP contribution in [0.15, 0.2) is 24.3 Å². The van der Waals surface area contributed by atoms with E-state index < -0.39 is 5.41 Å². The molecule has 2 fully saturated rings. The van der Waals surface area contributed by atoms with Crippen LogP contribution in [0.25, 0.3) is 0 Å². The minimum atomic E-state index is -0.444. The predicted molar refractivity (Wildman–Crippen MR) is 115 cm³/mol. The molecular weight excluding hydrogens is 366 g/mol. The smallest absolute Gasteiger partial charge is 0.312 e. The number of hydrogen-bond donors (Lipinski definition) is 2. The standard InChI is InChI=1S/C23H37N3O3/c1-5-29-22(27)23(15-18-7-6-8-20(13-18)28-4)9-11-26(12-10-23)16-19-14-21(17(2)3)25-24-19/h6-8,13,17,19,21,24-25H,5,9-12,14-16H2,1-4H3. The summed E-state index contributed by atoms with van der Waals surface area (Å²) in [5.74, 6) is 1.41. The Morgan fingerprint density at radius 2 is 2.03 bits per heavy atom. The number of nitrogens with one attached hydrogen (secondary N) is 2. The van der Waals surface area contributed by atoms with E-state index in [1.165, 1.54) is 0 Å². The molecule has 0 radical (unpaired) electrons. The van der Waals surface area contributed by atoms with E-state index in [9.17, 15) is 4.79 Å². The molecule has 6 heteroatoms. The summed E-state index contributed by atoms with van der Waals surface area (Å²) in [7, 11) is 1.68. The normalized spacial score (nSPS) is 24.6. The van der Waals surface area contributed by atoms with Gasteiger partial charge in [0.15, 0.2) is 0 Å². The molecule has 2 heterocycles. The summed E-state index contributed by atoms with van der Waals surface area (Å²) in [5, 5.41) is 0. The van der Waals surface area contributed by atoms with Gasteiger partial charge in [0, 0.05) is 18.6 Å². The Bertz CT molecular complexity index is 671. The Labute approximate surface area is 175 Å². The third-order valence-electron chi connectivity index (χ3n) is 6.49. The van der Waals surface area contributed by atoms with Gasteiger partial charge in [-0.3, -0.25) is 15.6 Å². The van der Waals surface area contributed by atoms with Gasteiger partial charge in [-0.05, 0) is 69.3 Å². The monoisotopic (exact) mass is 403 g/mol. The molecule has 0 spiro atoms. The lowest BCUT2D eigenvalue weighted by Crippen LogP contribution is -2.49. The first-order valence-corrected chi connectivity index (χ1v) is 11.0. The molecule has 0 amide bonds. The van der Waals surface area contributed by atoms with Crippen LogP contribution in [0.3, 0.4) is 0 Å². The van der Waals surface area contributed by atoms with Crippen molar-refractivity contribution < 1.29 is 14.3 Å². The molecule has 6 nitrogen and oxygen atoms in total. The van der Waals surface area contributed by atoms with E-state index in [4.69, 9.17) is 9.47 Å². The van der Waals surface area contributed by atoms with Gasteiger partial charge in [0.25, 0.3) is 0 Å². The molecule has 0 saturated carbocycles. The molecule has 0 aromatic heterocycles. The summed E-state index contributed by atoms with van der Waals surface area (Å²) in [6, 6.07) is 9.05. The second-order valence-corrected chi connectivity index (χ2v) is 8.90. The van der Waals surface area contributed by atoms with E-state index in [1.807, 2.05) is 25.1 Å². The van der Waals surface area contributed by atoms with E-state index >= 15 is 0 Å². The molecule has 162 valence electrons. The minimum Gasteiger partial charge on any atom is -0.497 e. The highest BCUT2D eigenvalue weighted by Crippen LogP contribution is 2.37. The van der Waals surface area contributed by atoms with Crippen molar-refractivity contribution in [2.45, 2.75) is 58.5 Å². The molecule has 0 aliphatic carbocycles. The van der Waals surface area contributed by atoms with Crippen molar-refractivity contribution in [3.05, 3.63) is 29.8 Å². The number of carbonyl (C=O) groups excluding carboxylic acids is 1. The average molecular weight is 404 g/mol. The summed E-state index contributed by atoms with van der Waals surface area (Å²) >= 11 is 0. The van der Waals surface area contributed by atoms with Gasteiger partial charge in [-0.1, -0.05) is 26.0 Å². The number of likely N-dealkylation sites (tertiary alicyclic amines) is 1. The van der Waals surface area contributed by atoms with E-state index in [-0.39, 0.29) is 5.97 Å². The topological polar surface area (TPSA) is 62.8 Å². The van der Waals surface area contributed by atoms with Crippen LogP contribution in [0, 0.1) is 11.3 Å².